The van der Waals surface area contributed by atoms with Gasteiger partial charge in [-0.1, -0.05) is 45.6 Å². The highest BCUT2D eigenvalue weighted by Gasteiger charge is 2.37. The third kappa shape index (κ3) is 3.90. The lowest BCUT2D eigenvalue weighted by Gasteiger charge is -2.36. The summed E-state index contributed by atoms with van der Waals surface area (Å²) in [4.78, 5) is 11.4. The Hall–Kier alpha value is -1.19. The Bertz CT molecular complexity index is 510. The van der Waals surface area contributed by atoms with Crippen LogP contribution < -0.4 is 0 Å². The van der Waals surface area contributed by atoms with Crippen LogP contribution in [-0.2, 0) is 11.0 Å². The summed E-state index contributed by atoms with van der Waals surface area (Å²) in [6, 6.07) is 5.72. The van der Waals surface area contributed by atoms with Crippen LogP contribution in [0.2, 0.25) is 18.1 Å². The fourth-order valence-corrected chi connectivity index (χ4v) is 2.56. The Morgan fingerprint density at radius 1 is 1.35 bits per heavy atom. The van der Waals surface area contributed by atoms with Gasteiger partial charge in [-0.15, -0.1) is 0 Å². The lowest BCUT2D eigenvalue weighted by molar-refractivity contribution is 0.101. The van der Waals surface area contributed by atoms with Gasteiger partial charge in [0.25, 0.3) is 0 Å². The molecule has 0 amide bonds. The van der Waals surface area contributed by atoms with E-state index in [0.717, 1.165) is 16.7 Å². The molecule has 0 aliphatic carbocycles. The molecule has 1 aromatic rings. The van der Waals surface area contributed by atoms with Crippen molar-refractivity contribution in [1.82, 2.24) is 0 Å². The zero-order chi connectivity index (χ0) is 15.6. The average molecular weight is 290 g/mol. The smallest absolute Gasteiger partial charge is 0.192 e. The van der Waals surface area contributed by atoms with Crippen LogP contribution in [0.3, 0.4) is 0 Å². The van der Waals surface area contributed by atoms with Crippen molar-refractivity contribution in [2.75, 3.05) is 0 Å². The number of carbonyl (C=O) groups is 1. The summed E-state index contributed by atoms with van der Waals surface area (Å²) < 4.78 is 6.23. The highest BCUT2D eigenvalue weighted by Crippen LogP contribution is 2.37. The number of hydrogen-bond acceptors (Lipinski definition) is 2. The summed E-state index contributed by atoms with van der Waals surface area (Å²) in [6.07, 6.45) is 1.79. The van der Waals surface area contributed by atoms with E-state index in [2.05, 4.69) is 40.4 Å². The number of carbonyl (C=O) groups excluding carboxylic acids is 1. The molecule has 0 aliphatic heterocycles. The van der Waals surface area contributed by atoms with Gasteiger partial charge in [0.05, 0.1) is 6.61 Å². The molecule has 0 unspecified atom stereocenters. The molecule has 0 heterocycles. The van der Waals surface area contributed by atoms with Crippen molar-refractivity contribution in [3.63, 3.8) is 0 Å². The van der Waals surface area contributed by atoms with Crippen molar-refractivity contribution < 1.29 is 9.22 Å². The molecule has 0 radical (unpaired) electrons. The van der Waals surface area contributed by atoms with Crippen molar-refractivity contribution >= 4 is 20.2 Å². The molecule has 0 aromatic heterocycles. The van der Waals surface area contributed by atoms with Crippen LogP contribution in [0.1, 0.15) is 49.2 Å². The predicted octanol–water partition coefficient (Wildman–Crippen LogP) is 5.05. The molecule has 0 saturated carbocycles. The molecule has 110 valence electrons. The van der Waals surface area contributed by atoms with Gasteiger partial charge in [-0.3, -0.25) is 4.79 Å². The van der Waals surface area contributed by atoms with Crippen molar-refractivity contribution in [1.29, 1.82) is 0 Å². The molecular weight excluding hydrogens is 264 g/mol. The van der Waals surface area contributed by atoms with E-state index in [0.29, 0.717) is 6.61 Å². The third-order valence-corrected chi connectivity index (χ3v) is 8.65. The zero-order valence-electron chi connectivity index (χ0n) is 13.5. The quantitative estimate of drug-likeness (QED) is 0.560. The van der Waals surface area contributed by atoms with E-state index in [4.69, 9.17) is 4.43 Å². The number of ketones is 1. The van der Waals surface area contributed by atoms with Gasteiger partial charge in [-0.25, -0.2) is 0 Å². The van der Waals surface area contributed by atoms with Gasteiger partial charge in [0.15, 0.2) is 14.1 Å². The maximum atomic E-state index is 11.4. The topological polar surface area (TPSA) is 26.3 Å². The van der Waals surface area contributed by atoms with E-state index in [1.165, 1.54) is 0 Å². The molecule has 3 heteroatoms. The molecule has 0 bridgehead atoms. The second-order valence-electron chi connectivity index (χ2n) is 6.72. The molecular formula is C17H26O2Si. The first kappa shape index (κ1) is 16.9. The number of hydrogen-bond donors (Lipinski definition) is 0. The highest BCUT2D eigenvalue weighted by molar-refractivity contribution is 6.74. The Morgan fingerprint density at radius 3 is 2.40 bits per heavy atom. The Labute approximate surface area is 124 Å². The summed E-state index contributed by atoms with van der Waals surface area (Å²) in [5.74, 6) is 0.0740. The predicted molar refractivity (Wildman–Crippen MR) is 88.5 cm³/mol. The number of rotatable bonds is 5. The van der Waals surface area contributed by atoms with Crippen LogP contribution in [0.25, 0.3) is 6.08 Å². The highest BCUT2D eigenvalue weighted by atomic mass is 28.4. The second kappa shape index (κ2) is 6.06. The van der Waals surface area contributed by atoms with Gasteiger partial charge in [-0.2, -0.15) is 0 Å². The van der Waals surface area contributed by atoms with Crippen LogP contribution in [0.5, 0.6) is 0 Å². The average Bonchev–Trinajstić information content (AvgIpc) is 2.34. The van der Waals surface area contributed by atoms with Crippen LogP contribution in [0.15, 0.2) is 24.8 Å². The summed E-state index contributed by atoms with van der Waals surface area (Å²) in [5, 5.41) is 0.195. The minimum absolute atomic E-state index is 0.0740. The number of benzene rings is 1. The molecule has 2 nitrogen and oxygen atoms in total. The molecule has 0 saturated heterocycles. The van der Waals surface area contributed by atoms with E-state index in [-0.39, 0.29) is 10.8 Å². The Kier molecular flexibility index (Phi) is 5.11. The van der Waals surface area contributed by atoms with Crippen molar-refractivity contribution in [2.45, 2.75) is 52.4 Å². The summed E-state index contributed by atoms with van der Waals surface area (Å²) in [7, 11) is -1.76. The molecule has 0 spiro atoms. The summed E-state index contributed by atoms with van der Waals surface area (Å²) >= 11 is 0. The molecule has 0 N–H and O–H groups in total. The van der Waals surface area contributed by atoms with E-state index in [9.17, 15) is 4.79 Å². The molecule has 20 heavy (non-hydrogen) atoms. The van der Waals surface area contributed by atoms with Crippen LogP contribution >= 0.6 is 0 Å². The second-order valence-corrected chi connectivity index (χ2v) is 11.5. The van der Waals surface area contributed by atoms with Gasteiger partial charge >= 0.3 is 0 Å². The van der Waals surface area contributed by atoms with Crippen molar-refractivity contribution in [3.05, 3.63) is 41.5 Å². The first-order chi connectivity index (χ1) is 9.08. The van der Waals surface area contributed by atoms with Gasteiger partial charge in [0, 0.05) is 5.56 Å². The van der Waals surface area contributed by atoms with Gasteiger partial charge in [0.1, 0.15) is 0 Å². The molecule has 0 fully saturated rings. The Morgan fingerprint density at radius 2 is 1.95 bits per heavy atom. The van der Waals surface area contributed by atoms with Crippen molar-refractivity contribution in [2.24, 2.45) is 0 Å². The van der Waals surface area contributed by atoms with E-state index >= 15 is 0 Å². The summed E-state index contributed by atoms with van der Waals surface area (Å²) in [6.45, 7) is 17.2. The van der Waals surface area contributed by atoms with Crippen molar-refractivity contribution in [3.8, 4) is 0 Å². The first-order valence-electron chi connectivity index (χ1n) is 6.99. The normalized spacial score (nSPS) is 12.3. The van der Waals surface area contributed by atoms with Crippen LogP contribution in [0, 0.1) is 0 Å². The van der Waals surface area contributed by atoms with E-state index < -0.39 is 8.32 Å². The lowest BCUT2D eigenvalue weighted by Crippen LogP contribution is -2.40. The maximum absolute atomic E-state index is 11.4. The summed E-state index contributed by atoms with van der Waals surface area (Å²) in [5.41, 5.74) is 2.79. The molecule has 1 aromatic carbocycles. The van der Waals surface area contributed by atoms with Crippen LogP contribution in [0.4, 0.5) is 0 Å². The monoisotopic (exact) mass is 290 g/mol. The SMILES string of the molecule is C=Cc1cc(C(C)=O)ccc1CO[Si](C)(C)C(C)(C)C. The standard InChI is InChI=1S/C17H26O2Si/c1-8-14-11-15(13(2)18)9-10-16(14)12-19-20(6,7)17(3,4)5/h8-11H,1,12H2,2-7H3. The molecule has 0 aliphatic rings. The van der Waals surface area contributed by atoms with E-state index in [1.807, 2.05) is 18.2 Å². The molecule has 0 atom stereocenters. The van der Waals surface area contributed by atoms with Gasteiger partial charge in [0.2, 0.25) is 0 Å². The fraction of sp³-hybridized carbons (Fsp3) is 0.471. The Balaban J connectivity index is 2.94. The zero-order valence-corrected chi connectivity index (χ0v) is 14.5. The van der Waals surface area contributed by atoms with Gasteiger partial charge < -0.3 is 4.43 Å². The minimum Gasteiger partial charge on any atom is -0.413 e. The third-order valence-electron chi connectivity index (χ3n) is 4.17. The largest absolute Gasteiger partial charge is 0.413 e. The fourth-order valence-electron chi connectivity index (χ4n) is 1.61. The lowest BCUT2D eigenvalue weighted by atomic mass is 10.0. The first-order valence-corrected chi connectivity index (χ1v) is 9.89. The maximum Gasteiger partial charge on any atom is 0.192 e. The van der Waals surface area contributed by atoms with E-state index in [1.54, 1.807) is 13.0 Å². The van der Waals surface area contributed by atoms with Crippen LogP contribution in [-0.4, -0.2) is 14.1 Å². The minimum atomic E-state index is -1.76. The number of Topliss-reactive ketones (excluding diaryl/α,β-unsaturated/α-hetero) is 1. The molecule has 1 rings (SSSR count). The van der Waals surface area contributed by atoms with Gasteiger partial charge in [-0.05, 0) is 42.2 Å².